The Morgan fingerprint density at radius 3 is 0.235 bits per heavy atom. The Morgan fingerprint density at radius 2 is 0.235 bits per heavy atom. The zero-order valence-electron chi connectivity index (χ0n) is 7.62. The van der Waals surface area contributed by atoms with Crippen molar-refractivity contribution in [1.82, 2.24) is 0 Å². The largest absolute Gasteiger partial charge is 2.00 e. The quantitative estimate of drug-likeness (QED) is 0.259. The molecule has 0 saturated carbocycles. The van der Waals surface area contributed by atoms with Crippen molar-refractivity contribution in [1.29, 1.82) is 0 Å². The van der Waals surface area contributed by atoms with Gasteiger partial charge in [-0.15, -0.1) is 0 Å². The molecule has 0 aromatic heterocycles. The molecule has 0 heterocycles. The second-order valence-electron chi connectivity index (χ2n) is 0. The van der Waals surface area contributed by atoms with Crippen molar-refractivity contribution in [2.24, 2.45) is 0 Å². The van der Waals surface area contributed by atoms with Crippen molar-refractivity contribution in [3.05, 3.63) is 0 Å². The summed E-state index contributed by atoms with van der Waals surface area (Å²) in [5.74, 6) is 0. The molecule has 0 aliphatic carbocycles. The molecule has 0 aromatic rings. The van der Waals surface area contributed by atoms with E-state index in [0.717, 1.165) is 0 Å². The fourth-order valence-corrected chi connectivity index (χ4v) is 0. The van der Waals surface area contributed by atoms with Crippen LogP contribution in [-0.2, 0) is 139 Å². The molecule has 11 nitrogen and oxygen atoms in total. The van der Waals surface area contributed by atoms with E-state index in [1.54, 1.807) is 0 Å². The molecule has 2 radical (unpaired) electrons. The Morgan fingerprint density at radius 1 is 0.235 bits per heavy atom. The van der Waals surface area contributed by atoms with E-state index in [1.165, 1.54) is 0 Å². The van der Waals surface area contributed by atoms with Crippen LogP contribution in [0.15, 0.2) is 0 Å². The molecule has 0 aliphatic heterocycles. The predicted molar refractivity (Wildman–Crippen MR) is 29.8 cm³/mol. The second-order valence-corrected chi connectivity index (χ2v) is 0. The van der Waals surface area contributed by atoms with E-state index in [-0.39, 0.29) is 159 Å². The maximum atomic E-state index is 0. The zero-order valence-corrected chi connectivity index (χ0v) is 17.3. The standard InChI is InChI=1S/2Mo.11O.2H3P.2V/h;;;;;;;;;;;;;2*1H3;;/q;;11*-2;;;;. The summed E-state index contributed by atoms with van der Waals surface area (Å²) < 4.78 is 0. The van der Waals surface area contributed by atoms with Gasteiger partial charge in [0.15, 0.2) is 0 Å². The van der Waals surface area contributed by atoms with Crippen molar-refractivity contribution < 1.29 is 139 Å². The zero-order chi connectivity index (χ0) is 0. The van der Waals surface area contributed by atoms with Crippen molar-refractivity contribution in [3.63, 3.8) is 0 Å². The summed E-state index contributed by atoms with van der Waals surface area (Å²) in [6.07, 6.45) is 0. The third kappa shape index (κ3) is 621. The topological polar surface area (TPSA) is 314 Å². The van der Waals surface area contributed by atoms with Gasteiger partial charge in [-0.1, -0.05) is 0 Å². The van der Waals surface area contributed by atoms with Crippen LogP contribution in [0.3, 0.4) is 0 Å². The summed E-state index contributed by atoms with van der Waals surface area (Å²) in [6.45, 7) is 0. The van der Waals surface area contributed by atoms with Crippen molar-refractivity contribution in [2.75, 3.05) is 0 Å². The third-order valence-electron chi connectivity index (χ3n) is 0. The van der Waals surface area contributed by atoms with Crippen molar-refractivity contribution >= 4 is 19.8 Å². The molecule has 0 aliphatic rings. The summed E-state index contributed by atoms with van der Waals surface area (Å²) in [4.78, 5) is 0. The molecule has 0 spiro atoms. The molecule has 2 unspecified atom stereocenters. The fraction of sp³-hybridized carbons (Fsp3) is 0. The van der Waals surface area contributed by atoms with E-state index in [2.05, 4.69) is 0 Å². The van der Waals surface area contributed by atoms with Gasteiger partial charge in [0.1, 0.15) is 0 Å². The molecule has 17 heteroatoms. The van der Waals surface area contributed by atoms with Crippen LogP contribution in [0.2, 0.25) is 0 Å². The van der Waals surface area contributed by atoms with Crippen LogP contribution in [0.25, 0.3) is 0 Å². The van der Waals surface area contributed by atoms with Crippen LogP contribution in [0.1, 0.15) is 0 Å². The average Bonchev–Trinajstić information content (AvgIpc) is 0. The second kappa shape index (κ2) is 696. The molecular formula is H6Mo2O11P2V2-22. The number of hydrogen-bond donors (Lipinski definition) is 0. The van der Waals surface area contributed by atoms with E-state index in [0.29, 0.717) is 0 Å². The molecule has 0 saturated heterocycles. The molecule has 0 bridgehead atoms. The van der Waals surface area contributed by atoms with Crippen LogP contribution in [-0.4, -0.2) is 0 Å². The SMILES string of the molecule is P.P.[Mo].[Mo].[O-2].[O-2].[O-2].[O-2].[O-2].[O-2].[O-2].[O-2].[O-2].[O-2].[O-2].[V].[V]. The van der Waals surface area contributed by atoms with E-state index in [4.69, 9.17) is 0 Å². The van der Waals surface area contributed by atoms with Gasteiger partial charge in [0, 0.05) is 79.2 Å². The molecule has 126 valence electrons. The molecule has 2 atom stereocenters. The first-order chi connectivity index (χ1) is 0. The summed E-state index contributed by atoms with van der Waals surface area (Å²) in [7, 11) is 0. The molecule has 0 aromatic carbocycles. The first-order valence-corrected chi connectivity index (χ1v) is 0. The summed E-state index contributed by atoms with van der Waals surface area (Å²) in [5, 5.41) is 0. The van der Waals surface area contributed by atoms with Gasteiger partial charge in [0.05, 0.1) is 0 Å². The van der Waals surface area contributed by atoms with Crippen LogP contribution in [0.4, 0.5) is 0 Å². The van der Waals surface area contributed by atoms with E-state index < -0.39 is 0 Å². The predicted octanol–water partition coefficient (Wildman–Crippen LogP) is -1.20. The number of rotatable bonds is 0. The van der Waals surface area contributed by atoms with Gasteiger partial charge < -0.3 is 60.2 Å². The summed E-state index contributed by atoms with van der Waals surface area (Å²) >= 11 is 0. The van der Waals surface area contributed by atoms with Gasteiger partial charge in [-0.05, 0) is 0 Å². The van der Waals surface area contributed by atoms with Gasteiger partial charge in [-0.2, -0.15) is 19.8 Å². The first kappa shape index (κ1) is 817. The summed E-state index contributed by atoms with van der Waals surface area (Å²) in [5.41, 5.74) is 0. The monoisotopic (exact) mass is 542 g/mol. The molecule has 0 N–H and O–H groups in total. The van der Waals surface area contributed by atoms with Crippen LogP contribution in [0, 0.1) is 0 Å². The van der Waals surface area contributed by atoms with Crippen molar-refractivity contribution in [3.8, 4) is 0 Å². The Bertz CT molecular complexity index is 25.4. The Hall–Kier alpha value is 2.97. The third-order valence-corrected chi connectivity index (χ3v) is 0. The fourth-order valence-electron chi connectivity index (χ4n) is 0. The van der Waals surface area contributed by atoms with Gasteiger partial charge in [0.25, 0.3) is 0 Å². The van der Waals surface area contributed by atoms with Gasteiger partial charge in [0.2, 0.25) is 0 Å². The van der Waals surface area contributed by atoms with Crippen LogP contribution in [0.5, 0.6) is 0 Å². The van der Waals surface area contributed by atoms with Crippen LogP contribution >= 0.6 is 19.8 Å². The maximum Gasteiger partial charge on any atom is 0 e. The normalized spacial score (nSPS) is 0. The average molecular weight is 538 g/mol. The van der Waals surface area contributed by atoms with E-state index in [9.17, 15) is 0 Å². The molecular weight excluding hydrogens is 532 g/mol. The molecule has 0 fully saturated rings. The van der Waals surface area contributed by atoms with E-state index in [1.807, 2.05) is 0 Å². The van der Waals surface area contributed by atoms with Gasteiger partial charge in [-0.25, -0.2) is 0 Å². The Labute approximate surface area is 158 Å². The maximum absolute atomic E-state index is 0. The minimum Gasteiger partial charge on any atom is -2.00 e. The smallest absolute Gasteiger partial charge is 0 e. The van der Waals surface area contributed by atoms with Crippen molar-refractivity contribution in [2.45, 2.75) is 0 Å². The van der Waals surface area contributed by atoms with E-state index >= 15 is 0 Å². The minimum absolute atomic E-state index is 0. The number of hydrogen-bond acceptors (Lipinski definition) is 0. The summed E-state index contributed by atoms with van der Waals surface area (Å²) in [6, 6.07) is 0. The van der Waals surface area contributed by atoms with Gasteiger partial charge in [-0.3, -0.25) is 0 Å². The molecule has 0 rings (SSSR count). The Kier molecular flexibility index (Phi) is 33400. The molecule has 17 heavy (non-hydrogen) atoms. The molecule has 0 amide bonds. The first-order valence-electron chi connectivity index (χ1n) is 0. The van der Waals surface area contributed by atoms with Gasteiger partial charge >= 0.3 is 0 Å². The minimum atomic E-state index is 0. The Balaban J connectivity index is 0. The van der Waals surface area contributed by atoms with Crippen LogP contribution < -0.4 is 0 Å².